The minimum atomic E-state index is -1.00. The lowest BCUT2D eigenvalue weighted by Crippen LogP contribution is -2.35. The maximum absolute atomic E-state index is 12.5. The first-order chi connectivity index (χ1) is 19.5. The van der Waals surface area contributed by atoms with Crippen LogP contribution in [0.3, 0.4) is 0 Å². The van der Waals surface area contributed by atoms with Gasteiger partial charge in [0.1, 0.15) is 23.1 Å². The molecule has 2 unspecified atom stereocenters. The lowest BCUT2D eigenvalue weighted by Gasteiger charge is -2.29. The average molecular weight is 627 g/mol. The number of nitrogens with two attached hydrogens (primary N) is 2. The number of carboxylic acids is 2. The van der Waals surface area contributed by atoms with Crippen LogP contribution in [-0.4, -0.2) is 58.4 Å². The third-order valence-corrected chi connectivity index (χ3v) is 7.40. The number of rotatable bonds is 16. The largest absolute Gasteiger partial charge is 0.481 e. The van der Waals surface area contributed by atoms with Gasteiger partial charge in [-0.05, 0) is 21.7 Å². The van der Waals surface area contributed by atoms with E-state index < -0.39 is 46.4 Å². The van der Waals surface area contributed by atoms with Gasteiger partial charge in [0.25, 0.3) is 0 Å². The number of carbonyl (C=O) groups is 6. The van der Waals surface area contributed by atoms with Gasteiger partial charge in [0.2, 0.25) is 0 Å². The van der Waals surface area contributed by atoms with Crippen molar-refractivity contribution in [3.8, 4) is 0 Å². The average Bonchev–Trinajstić information content (AvgIpc) is 2.79. The summed E-state index contributed by atoms with van der Waals surface area (Å²) in [5.41, 5.74) is 10.0. The minimum absolute atomic E-state index is 0.0219. The van der Waals surface area contributed by atoms with Crippen molar-refractivity contribution in [2.24, 2.45) is 56.8 Å². The molecule has 0 fully saturated rings. The smallest absolute Gasteiger partial charge is 0.307 e. The summed E-state index contributed by atoms with van der Waals surface area (Å²) in [5, 5.41) is 18.3. The molecule has 0 aliphatic rings. The summed E-state index contributed by atoms with van der Waals surface area (Å²) in [6.07, 6.45) is 0.516. The predicted octanol–water partition coefficient (Wildman–Crippen LogP) is 5.33. The van der Waals surface area contributed by atoms with Gasteiger partial charge >= 0.3 is 11.9 Å². The lowest BCUT2D eigenvalue weighted by molar-refractivity contribution is -0.148. The van der Waals surface area contributed by atoms with E-state index in [2.05, 4.69) is 0 Å². The fourth-order valence-electron chi connectivity index (χ4n) is 4.80. The van der Waals surface area contributed by atoms with E-state index in [4.69, 9.17) is 16.6 Å². The van der Waals surface area contributed by atoms with Crippen LogP contribution >= 0.6 is 0 Å². The molecule has 0 aliphatic heterocycles. The number of aliphatic carboxylic acids is 2. The monoisotopic (exact) mass is 626 g/mol. The van der Waals surface area contributed by atoms with Gasteiger partial charge in [-0.3, -0.25) is 28.8 Å². The van der Waals surface area contributed by atoms with Gasteiger partial charge in [-0.2, -0.15) is 0 Å². The van der Waals surface area contributed by atoms with E-state index in [0.29, 0.717) is 12.8 Å². The topological polar surface area (TPSA) is 195 Å². The molecule has 6 N–H and O–H groups in total. The molecule has 0 aromatic rings. The normalized spacial score (nSPS) is 15.2. The molecular weight excluding hydrogens is 564 g/mol. The molecule has 0 rings (SSSR count). The summed E-state index contributed by atoms with van der Waals surface area (Å²) in [6, 6.07) is 0. The van der Waals surface area contributed by atoms with Gasteiger partial charge < -0.3 is 21.7 Å². The number of hydrogen-bond acceptors (Lipinski definition) is 8. The molecule has 0 aromatic carbocycles. The second kappa shape index (κ2) is 17.9. The van der Waals surface area contributed by atoms with E-state index in [0.717, 1.165) is 0 Å². The SMILES string of the molecule is CC(C)(C)CC(=O)[C@H](CN)CC(=O)C(CC(=O)O)C(C)(C)C.CC(C)(C)CC(=O)[C@H](CN)CC(=O)CC(C(=O)O)C(C)(C)C. The van der Waals surface area contributed by atoms with Gasteiger partial charge in [-0.25, -0.2) is 0 Å². The first kappa shape index (κ1) is 43.7. The number of carbonyl (C=O) groups excluding carboxylic acids is 4. The van der Waals surface area contributed by atoms with E-state index in [-0.39, 0.29) is 72.7 Å². The zero-order valence-corrected chi connectivity index (χ0v) is 29.5. The predicted molar refractivity (Wildman–Crippen MR) is 173 cm³/mol. The van der Waals surface area contributed by atoms with Crippen molar-refractivity contribution in [3.63, 3.8) is 0 Å². The Kier molecular flexibility index (Phi) is 17.7. The van der Waals surface area contributed by atoms with Gasteiger partial charge in [-0.15, -0.1) is 0 Å². The van der Waals surface area contributed by atoms with Crippen molar-refractivity contribution >= 4 is 35.1 Å². The Morgan fingerprint density at radius 3 is 1.16 bits per heavy atom. The van der Waals surface area contributed by atoms with E-state index in [9.17, 15) is 33.9 Å². The molecule has 0 saturated carbocycles. The Hall–Kier alpha value is -2.46. The number of carboxylic acid groups (broad SMARTS) is 2. The first-order valence-electron chi connectivity index (χ1n) is 15.5. The lowest BCUT2D eigenvalue weighted by atomic mass is 9.73. The third kappa shape index (κ3) is 19.0. The molecule has 10 heteroatoms. The van der Waals surface area contributed by atoms with Crippen LogP contribution in [0.2, 0.25) is 0 Å². The van der Waals surface area contributed by atoms with Crippen LogP contribution in [0, 0.1) is 45.3 Å². The zero-order valence-electron chi connectivity index (χ0n) is 29.5. The Morgan fingerprint density at radius 1 is 0.523 bits per heavy atom. The maximum atomic E-state index is 12.5. The molecule has 256 valence electrons. The molecule has 0 aromatic heterocycles. The quantitative estimate of drug-likeness (QED) is 0.174. The van der Waals surface area contributed by atoms with Crippen LogP contribution in [0.1, 0.15) is 122 Å². The fourth-order valence-corrected chi connectivity index (χ4v) is 4.80. The van der Waals surface area contributed by atoms with Crippen molar-refractivity contribution in [2.75, 3.05) is 13.1 Å². The zero-order chi connectivity index (χ0) is 35.4. The van der Waals surface area contributed by atoms with Gasteiger partial charge in [0.05, 0.1) is 12.3 Å². The van der Waals surface area contributed by atoms with Crippen molar-refractivity contribution in [3.05, 3.63) is 0 Å². The van der Waals surface area contributed by atoms with E-state index in [1.54, 1.807) is 20.8 Å². The first-order valence-corrected chi connectivity index (χ1v) is 15.5. The second-order valence-electron chi connectivity index (χ2n) is 16.7. The summed E-state index contributed by atoms with van der Waals surface area (Å²) in [7, 11) is 0. The Labute approximate surface area is 265 Å². The molecule has 0 amide bonds. The summed E-state index contributed by atoms with van der Waals surface area (Å²) in [6.45, 7) is 22.9. The molecule has 0 radical (unpaired) electrons. The summed E-state index contributed by atoms with van der Waals surface area (Å²) < 4.78 is 0. The van der Waals surface area contributed by atoms with E-state index >= 15 is 0 Å². The van der Waals surface area contributed by atoms with Crippen molar-refractivity contribution in [1.29, 1.82) is 0 Å². The molecule has 0 spiro atoms. The van der Waals surface area contributed by atoms with Crippen molar-refractivity contribution < 1.29 is 39.0 Å². The van der Waals surface area contributed by atoms with Crippen LogP contribution in [0.15, 0.2) is 0 Å². The van der Waals surface area contributed by atoms with Crippen LogP contribution in [0.4, 0.5) is 0 Å². The van der Waals surface area contributed by atoms with Crippen LogP contribution in [0.25, 0.3) is 0 Å². The Morgan fingerprint density at radius 2 is 0.886 bits per heavy atom. The van der Waals surface area contributed by atoms with Crippen molar-refractivity contribution in [1.82, 2.24) is 0 Å². The van der Waals surface area contributed by atoms with E-state index in [1.165, 1.54) is 0 Å². The highest BCUT2D eigenvalue weighted by atomic mass is 16.4. The van der Waals surface area contributed by atoms with Gasteiger partial charge in [-0.1, -0.05) is 83.1 Å². The number of Topliss-reactive ketones (excluding diaryl/α,β-unsaturated/α-hetero) is 4. The van der Waals surface area contributed by atoms with Crippen LogP contribution in [-0.2, 0) is 28.8 Å². The second-order valence-corrected chi connectivity index (χ2v) is 16.7. The summed E-state index contributed by atoms with van der Waals surface area (Å²) >= 11 is 0. The summed E-state index contributed by atoms with van der Waals surface area (Å²) in [4.78, 5) is 71.4. The highest BCUT2D eigenvalue weighted by Gasteiger charge is 2.36. The van der Waals surface area contributed by atoms with Crippen LogP contribution in [0.5, 0.6) is 0 Å². The molecule has 44 heavy (non-hydrogen) atoms. The fraction of sp³-hybridized carbons (Fsp3) is 0.824. The molecule has 0 aliphatic carbocycles. The highest BCUT2D eigenvalue weighted by Crippen LogP contribution is 2.33. The van der Waals surface area contributed by atoms with E-state index in [1.807, 2.05) is 62.3 Å². The molecule has 4 atom stereocenters. The highest BCUT2D eigenvalue weighted by molar-refractivity contribution is 5.91. The number of ketones is 4. The third-order valence-electron chi connectivity index (χ3n) is 7.40. The molecule has 10 nitrogen and oxygen atoms in total. The molecule has 0 saturated heterocycles. The Balaban J connectivity index is 0. The molecular formula is C34H62N2O8. The van der Waals surface area contributed by atoms with Gasteiger partial charge in [0, 0.05) is 62.9 Å². The standard InChI is InChI=1S/2C17H31NO4/c1-16(2,3)9-14(20)11(10-18)7-13(19)12(8-15(21)22)17(4,5)6;1-16(2,3)9-14(20)11(10-18)7-12(19)8-13(15(21)22)17(4,5)6/h11-12H,7-10,18H2,1-6H3,(H,21,22);11,13H,7-10,18H2,1-6H3,(H,21,22)/t11-,12?;11-,13?/m00/s1. The van der Waals surface area contributed by atoms with Gasteiger partial charge in [0.15, 0.2) is 0 Å². The minimum Gasteiger partial charge on any atom is -0.481 e. The summed E-state index contributed by atoms with van der Waals surface area (Å²) in [5.74, 6) is -4.82. The molecule has 0 bridgehead atoms. The molecule has 0 heterocycles. The maximum Gasteiger partial charge on any atom is 0.307 e. The van der Waals surface area contributed by atoms with Crippen LogP contribution < -0.4 is 11.5 Å². The Bertz CT molecular complexity index is 991. The number of hydrogen-bond donors (Lipinski definition) is 4. The van der Waals surface area contributed by atoms with Crippen molar-refractivity contribution in [2.45, 2.75) is 122 Å².